The summed E-state index contributed by atoms with van der Waals surface area (Å²) < 4.78 is 28.0. The first-order valence-corrected chi connectivity index (χ1v) is 7.99. The first-order valence-electron chi connectivity index (χ1n) is 6.04. The van der Waals surface area contributed by atoms with Crippen molar-refractivity contribution in [2.75, 3.05) is 26.5 Å². The van der Waals surface area contributed by atoms with Crippen LogP contribution in [0.25, 0.3) is 0 Å². The molecular weight excluding hydrogens is 266 g/mol. The summed E-state index contributed by atoms with van der Waals surface area (Å²) >= 11 is 0. The van der Waals surface area contributed by atoms with Gasteiger partial charge in [-0.15, -0.1) is 0 Å². The van der Waals surface area contributed by atoms with E-state index in [2.05, 4.69) is 0 Å². The third kappa shape index (κ3) is 3.07. The Labute approximate surface area is 113 Å². The highest BCUT2D eigenvalue weighted by molar-refractivity contribution is 7.91. The van der Waals surface area contributed by atoms with Gasteiger partial charge < -0.3 is 9.64 Å². The summed E-state index contributed by atoms with van der Waals surface area (Å²) in [5.74, 6) is 0.556. The SMILES string of the molecule is COc1ccc(C(=O)N2CCC(S(C)(=O)=O)C2)cc1. The van der Waals surface area contributed by atoms with E-state index in [0.29, 0.717) is 24.3 Å². The molecule has 2 rings (SSSR count). The number of sulfone groups is 1. The lowest BCUT2D eigenvalue weighted by atomic mass is 10.2. The predicted octanol–water partition coefficient (Wildman–Crippen LogP) is 0.954. The third-order valence-corrected chi connectivity index (χ3v) is 4.97. The molecule has 5 nitrogen and oxygen atoms in total. The van der Waals surface area contributed by atoms with E-state index in [1.807, 2.05) is 0 Å². The Morgan fingerprint density at radius 1 is 1.32 bits per heavy atom. The van der Waals surface area contributed by atoms with Gasteiger partial charge in [0.1, 0.15) is 5.75 Å². The number of hydrogen-bond donors (Lipinski definition) is 0. The molecular formula is C13H17NO4S. The molecule has 1 amide bonds. The zero-order valence-corrected chi connectivity index (χ0v) is 11.8. The van der Waals surface area contributed by atoms with Gasteiger partial charge in [0.15, 0.2) is 9.84 Å². The van der Waals surface area contributed by atoms with Crippen molar-refractivity contribution in [3.05, 3.63) is 29.8 Å². The highest BCUT2D eigenvalue weighted by Gasteiger charge is 2.32. The van der Waals surface area contributed by atoms with Gasteiger partial charge in [-0.1, -0.05) is 0 Å². The number of hydrogen-bond acceptors (Lipinski definition) is 4. The molecule has 0 saturated carbocycles. The van der Waals surface area contributed by atoms with Crippen LogP contribution >= 0.6 is 0 Å². The van der Waals surface area contributed by atoms with Crippen LogP contribution < -0.4 is 4.74 Å². The number of rotatable bonds is 3. The average Bonchev–Trinajstić information content (AvgIpc) is 2.87. The first kappa shape index (κ1) is 13.9. The van der Waals surface area contributed by atoms with Crippen molar-refractivity contribution >= 4 is 15.7 Å². The number of carbonyl (C=O) groups is 1. The van der Waals surface area contributed by atoms with Gasteiger partial charge in [-0.3, -0.25) is 4.79 Å². The van der Waals surface area contributed by atoms with Gasteiger partial charge in [0.05, 0.1) is 12.4 Å². The number of likely N-dealkylation sites (tertiary alicyclic amines) is 1. The molecule has 0 N–H and O–H groups in total. The van der Waals surface area contributed by atoms with Crippen molar-refractivity contribution in [1.82, 2.24) is 4.90 Å². The van der Waals surface area contributed by atoms with E-state index < -0.39 is 15.1 Å². The summed E-state index contributed by atoms with van der Waals surface area (Å²) in [5, 5.41) is -0.435. The van der Waals surface area contributed by atoms with Crippen molar-refractivity contribution < 1.29 is 17.9 Å². The molecule has 1 aliphatic rings. The second-order valence-electron chi connectivity index (χ2n) is 4.72. The molecule has 19 heavy (non-hydrogen) atoms. The summed E-state index contributed by atoms with van der Waals surface area (Å²) in [6.07, 6.45) is 1.74. The fourth-order valence-corrected chi connectivity index (χ4v) is 3.16. The van der Waals surface area contributed by atoms with Crippen molar-refractivity contribution in [1.29, 1.82) is 0 Å². The van der Waals surface area contributed by atoms with E-state index in [0.717, 1.165) is 0 Å². The summed E-state index contributed by atoms with van der Waals surface area (Å²) in [4.78, 5) is 13.8. The zero-order chi connectivity index (χ0) is 14.0. The Hall–Kier alpha value is -1.56. The standard InChI is InChI=1S/C13H17NO4S/c1-18-11-5-3-10(4-6-11)13(15)14-8-7-12(9-14)19(2,16)17/h3-6,12H,7-9H2,1-2H3. The number of amides is 1. The number of nitrogens with zero attached hydrogens (tertiary/aromatic N) is 1. The van der Waals surface area contributed by atoms with Gasteiger partial charge in [0.2, 0.25) is 0 Å². The smallest absolute Gasteiger partial charge is 0.253 e. The molecule has 6 heteroatoms. The van der Waals surface area contributed by atoms with E-state index in [4.69, 9.17) is 4.74 Å². The van der Waals surface area contributed by atoms with Crippen LogP contribution in [0.3, 0.4) is 0 Å². The molecule has 104 valence electrons. The number of carbonyl (C=O) groups excluding carboxylic acids is 1. The Kier molecular flexibility index (Phi) is 3.80. The van der Waals surface area contributed by atoms with Crippen LogP contribution in [0.5, 0.6) is 5.75 Å². The van der Waals surface area contributed by atoms with Crippen LogP contribution in [0.2, 0.25) is 0 Å². The van der Waals surface area contributed by atoms with Crippen LogP contribution in [0.1, 0.15) is 16.8 Å². The predicted molar refractivity (Wildman–Crippen MR) is 72.1 cm³/mol. The minimum absolute atomic E-state index is 0.131. The normalized spacial score (nSPS) is 19.5. The molecule has 1 fully saturated rings. The maximum atomic E-state index is 12.2. The van der Waals surface area contributed by atoms with Crippen LogP contribution in [0.4, 0.5) is 0 Å². The zero-order valence-electron chi connectivity index (χ0n) is 11.0. The van der Waals surface area contributed by atoms with Gasteiger partial charge in [-0.25, -0.2) is 8.42 Å². The lowest BCUT2D eigenvalue weighted by Crippen LogP contribution is -2.31. The Morgan fingerprint density at radius 3 is 2.42 bits per heavy atom. The maximum absolute atomic E-state index is 12.2. The molecule has 0 spiro atoms. The van der Waals surface area contributed by atoms with Gasteiger partial charge >= 0.3 is 0 Å². The first-order chi connectivity index (χ1) is 8.91. The minimum atomic E-state index is -3.08. The van der Waals surface area contributed by atoms with Crippen LogP contribution in [-0.4, -0.2) is 50.9 Å². The van der Waals surface area contributed by atoms with Crippen LogP contribution in [-0.2, 0) is 9.84 Å². The van der Waals surface area contributed by atoms with Crippen molar-refractivity contribution in [2.45, 2.75) is 11.7 Å². The Balaban J connectivity index is 2.08. The van der Waals surface area contributed by atoms with E-state index in [1.54, 1.807) is 36.3 Å². The summed E-state index contributed by atoms with van der Waals surface area (Å²) in [6.45, 7) is 0.770. The molecule has 1 aromatic carbocycles. The van der Waals surface area contributed by atoms with E-state index in [1.165, 1.54) is 6.26 Å². The van der Waals surface area contributed by atoms with Crippen LogP contribution in [0, 0.1) is 0 Å². The van der Waals surface area contributed by atoms with Crippen molar-refractivity contribution in [2.24, 2.45) is 0 Å². The molecule has 1 aromatic rings. The average molecular weight is 283 g/mol. The summed E-state index contributed by atoms with van der Waals surface area (Å²) in [7, 11) is -1.51. The molecule has 0 radical (unpaired) electrons. The van der Waals surface area contributed by atoms with E-state index in [-0.39, 0.29) is 12.5 Å². The van der Waals surface area contributed by atoms with Gasteiger partial charge in [0.25, 0.3) is 5.91 Å². The molecule has 1 heterocycles. The fraction of sp³-hybridized carbons (Fsp3) is 0.462. The molecule has 1 atom stereocenters. The minimum Gasteiger partial charge on any atom is -0.497 e. The topological polar surface area (TPSA) is 63.7 Å². The fourth-order valence-electron chi connectivity index (χ4n) is 2.18. The third-order valence-electron chi connectivity index (χ3n) is 3.37. The maximum Gasteiger partial charge on any atom is 0.253 e. The van der Waals surface area contributed by atoms with Gasteiger partial charge in [-0.05, 0) is 30.7 Å². The molecule has 1 unspecified atom stereocenters. The number of methoxy groups -OCH3 is 1. The largest absolute Gasteiger partial charge is 0.497 e. The second kappa shape index (κ2) is 5.21. The summed E-state index contributed by atoms with van der Waals surface area (Å²) in [6, 6.07) is 6.82. The quantitative estimate of drug-likeness (QED) is 0.828. The highest BCUT2D eigenvalue weighted by atomic mass is 32.2. The van der Waals surface area contributed by atoms with E-state index >= 15 is 0 Å². The van der Waals surface area contributed by atoms with Gasteiger partial charge in [-0.2, -0.15) is 0 Å². The molecule has 0 aromatic heterocycles. The van der Waals surface area contributed by atoms with Crippen molar-refractivity contribution in [3.63, 3.8) is 0 Å². The molecule has 1 saturated heterocycles. The highest BCUT2D eigenvalue weighted by Crippen LogP contribution is 2.20. The second-order valence-corrected chi connectivity index (χ2v) is 7.05. The Bertz CT molecular complexity index is 565. The summed E-state index contributed by atoms with van der Waals surface area (Å²) in [5.41, 5.74) is 0.551. The lowest BCUT2D eigenvalue weighted by molar-refractivity contribution is 0.0793. The molecule has 1 aliphatic heterocycles. The van der Waals surface area contributed by atoms with Crippen LogP contribution in [0.15, 0.2) is 24.3 Å². The van der Waals surface area contributed by atoms with E-state index in [9.17, 15) is 13.2 Å². The monoisotopic (exact) mass is 283 g/mol. The number of ether oxygens (including phenoxy) is 1. The van der Waals surface area contributed by atoms with Crippen molar-refractivity contribution in [3.8, 4) is 5.75 Å². The lowest BCUT2D eigenvalue weighted by Gasteiger charge is -2.16. The van der Waals surface area contributed by atoms with Gasteiger partial charge in [0, 0.05) is 24.9 Å². The molecule has 0 bridgehead atoms. The Morgan fingerprint density at radius 2 is 1.95 bits per heavy atom. The number of benzene rings is 1. The molecule has 0 aliphatic carbocycles.